The van der Waals surface area contributed by atoms with Gasteiger partial charge in [-0.15, -0.1) is 11.3 Å². The smallest absolute Gasteiger partial charge is 0.214 e. The van der Waals surface area contributed by atoms with E-state index in [0.29, 0.717) is 0 Å². The minimum Gasteiger partial charge on any atom is -0.349 e. The predicted molar refractivity (Wildman–Crippen MR) is 68.0 cm³/mol. The highest BCUT2D eigenvalue weighted by atomic mass is 32.1. The molecule has 17 heavy (non-hydrogen) atoms. The summed E-state index contributed by atoms with van der Waals surface area (Å²) >= 11 is 1.81. The highest BCUT2D eigenvalue weighted by molar-refractivity contribution is 7.10. The van der Waals surface area contributed by atoms with Crippen LogP contribution < -0.4 is 4.90 Å². The minimum absolute atomic E-state index is 0.277. The molecule has 0 bridgehead atoms. The zero-order chi connectivity index (χ0) is 11.8. The summed E-state index contributed by atoms with van der Waals surface area (Å²) < 4.78 is 13.1. The molecule has 1 aliphatic rings. The second kappa shape index (κ2) is 4.11. The maximum Gasteiger partial charge on any atom is 0.214 e. The second-order valence-corrected chi connectivity index (χ2v) is 5.24. The molecule has 0 N–H and O–H groups in total. The average Bonchev–Trinajstić information content (AvgIpc) is 2.78. The Kier molecular flexibility index (Phi) is 2.59. The number of hydrogen-bond donors (Lipinski definition) is 0. The lowest BCUT2D eigenvalue weighted by Crippen LogP contribution is -2.33. The van der Waals surface area contributed by atoms with E-state index in [1.807, 2.05) is 17.4 Å². The van der Waals surface area contributed by atoms with E-state index in [1.165, 1.54) is 16.5 Å². The Balaban J connectivity index is 1.96. The van der Waals surface area contributed by atoms with Crippen LogP contribution in [0, 0.1) is 5.95 Å². The first-order valence-electron chi connectivity index (χ1n) is 5.71. The summed E-state index contributed by atoms with van der Waals surface area (Å²) in [6.07, 6.45) is 1.02. The van der Waals surface area contributed by atoms with Crippen LogP contribution in [0.5, 0.6) is 0 Å². The quantitative estimate of drug-likeness (QED) is 0.719. The van der Waals surface area contributed by atoms with E-state index in [4.69, 9.17) is 0 Å². The van der Waals surface area contributed by atoms with Crippen molar-refractivity contribution in [2.45, 2.75) is 19.4 Å². The molecule has 0 amide bonds. The van der Waals surface area contributed by atoms with Crippen LogP contribution in [0.3, 0.4) is 0 Å². The minimum atomic E-state index is -0.411. The predicted octanol–water partition coefficient (Wildman–Crippen LogP) is 3.41. The Labute approximate surface area is 104 Å². The Bertz CT molecular complexity index is 538. The normalized spacial score (nSPS) is 19.2. The van der Waals surface area contributed by atoms with Gasteiger partial charge < -0.3 is 4.90 Å². The molecule has 1 aliphatic heterocycles. The molecule has 3 heterocycles. The van der Waals surface area contributed by atoms with Crippen LogP contribution in [0.15, 0.2) is 29.6 Å². The molecule has 0 radical (unpaired) electrons. The molecule has 4 heteroatoms. The third-order valence-corrected chi connectivity index (χ3v) is 4.27. The first kappa shape index (κ1) is 10.7. The van der Waals surface area contributed by atoms with Crippen molar-refractivity contribution in [3.8, 4) is 0 Å². The average molecular weight is 248 g/mol. The highest BCUT2D eigenvalue weighted by Gasteiger charge is 2.25. The van der Waals surface area contributed by atoms with Gasteiger partial charge in [-0.25, -0.2) is 4.98 Å². The van der Waals surface area contributed by atoms with Crippen molar-refractivity contribution in [2.75, 3.05) is 11.4 Å². The van der Waals surface area contributed by atoms with Crippen molar-refractivity contribution in [3.05, 3.63) is 46.0 Å². The van der Waals surface area contributed by atoms with Gasteiger partial charge >= 0.3 is 0 Å². The van der Waals surface area contributed by atoms with Gasteiger partial charge in [0.1, 0.15) is 5.82 Å². The molecular formula is C13H13FN2S. The van der Waals surface area contributed by atoms with Gasteiger partial charge in [-0.2, -0.15) is 4.39 Å². The molecule has 1 atom stereocenters. The van der Waals surface area contributed by atoms with Gasteiger partial charge in [-0.1, -0.05) is 6.07 Å². The molecule has 2 nitrogen and oxygen atoms in total. The summed E-state index contributed by atoms with van der Waals surface area (Å²) in [5.41, 5.74) is 1.35. The van der Waals surface area contributed by atoms with Gasteiger partial charge in [0.05, 0.1) is 6.04 Å². The molecule has 0 saturated heterocycles. The highest BCUT2D eigenvalue weighted by Crippen LogP contribution is 2.35. The van der Waals surface area contributed by atoms with Crippen LogP contribution >= 0.6 is 11.3 Å². The number of anilines is 1. The van der Waals surface area contributed by atoms with Gasteiger partial charge in [0.25, 0.3) is 0 Å². The number of fused-ring (bicyclic) bond motifs is 1. The van der Waals surface area contributed by atoms with Crippen molar-refractivity contribution in [3.63, 3.8) is 0 Å². The van der Waals surface area contributed by atoms with Crippen LogP contribution in [-0.2, 0) is 6.42 Å². The molecule has 0 spiro atoms. The van der Waals surface area contributed by atoms with Crippen molar-refractivity contribution in [1.29, 1.82) is 0 Å². The fourth-order valence-corrected chi connectivity index (χ4v) is 3.34. The summed E-state index contributed by atoms with van der Waals surface area (Å²) in [6.45, 7) is 3.06. The van der Waals surface area contributed by atoms with E-state index in [1.54, 1.807) is 6.07 Å². The number of thiophene rings is 1. The summed E-state index contributed by atoms with van der Waals surface area (Å²) in [5.74, 6) is 0.320. The Morgan fingerprint density at radius 2 is 2.29 bits per heavy atom. The van der Waals surface area contributed by atoms with Crippen LogP contribution in [0.4, 0.5) is 10.2 Å². The van der Waals surface area contributed by atoms with E-state index < -0.39 is 5.95 Å². The summed E-state index contributed by atoms with van der Waals surface area (Å²) in [4.78, 5) is 7.58. The van der Waals surface area contributed by atoms with Crippen LogP contribution in [0.25, 0.3) is 0 Å². The Morgan fingerprint density at radius 1 is 1.41 bits per heavy atom. The van der Waals surface area contributed by atoms with Gasteiger partial charge in [0.2, 0.25) is 5.95 Å². The van der Waals surface area contributed by atoms with Crippen molar-refractivity contribution in [2.24, 2.45) is 0 Å². The molecular weight excluding hydrogens is 235 g/mol. The Hall–Kier alpha value is -1.42. The van der Waals surface area contributed by atoms with Crippen LogP contribution in [0.2, 0.25) is 0 Å². The zero-order valence-electron chi connectivity index (χ0n) is 9.56. The number of nitrogens with zero attached hydrogens (tertiary/aromatic N) is 2. The van der Waals surface area contributed by atoms with Crippen molar-refractivity contribution in [1.82, 2.24) is 4.98 Å². The fraction of sp³-hybridized carbons (Fsp3) is 0.308. The first-order chi connectivity index (χ1) is 8.25. The molecule has 0 fully saturated rings. The zero-order valence-corrected chi connectivity index (χ0v) is 10.4. The van der Waals surface area contributed by atoms with Gasteiger partial charge in [0.15, 0.2) is 0 Å². The van der Waals surface area contributed by atoms with E-state index in [-0.39, 0.29) is 6.04 Å². The lowest BCUT2D eigenvalue weighted by molar-refractivity contribution is 0.568. The molecule has 3 rings (SSSR count). The van der Waals surface area contributed by atoms with Gasteiger partial charge in [-0.3, -0.25) is 0 Å². The lowest BCUT2D eigenvalue weighted by atomic mass is 10.0. The van der Waals surface area contributed by atoms with E-state index in [0.717, 1.165) is 18.8 Å². The van der Waals surface area contributed by atoms with Crippen LogP contribution in [-0.4, -0.2) is 11.5 Å². The molecule has 88 valence electrons. The molecule has 1 unspecified atom stereocenters. The summed E-state index contributed by atoms with van der Waals surface area (Å²) in [5, 5.41) is 2.13. The monoisotopic (exact) mass is 248 g/mol. The lowest BCUT2D eigenvalue weighted by Gasteiger charge is -2.34. The van der Waals surface area contributed by atoms with Gasteiger partial charge in [-0.05, 0) is 42.5 Å². The number of halogens is 1. The fourth-order valence-electron chi connectivity index (χ4n) is 2.38. The second-order valence-electron chi connectivity index (χ2n) is 4.24. The molecule has 0 aliphatic carbocycles. The first-order valence-corrected chi connectivity index (χ1v) is 6.59. The maximum absolute atomic E-state index is 13.1. The molecule has 2 aromatic rings. The van der Waals surface area contributed by atoms with E-state index >= 15 is 0 Å². The van der Waals surface area contributed by atoms with Crippen LogP contribution in [0.1, 0.15) is 23.4 Å². The number of aromatic nitrogens is 1. The molecule has 0 aromatic carbocycles. The van der Waals surface area contributed by atoms with Crippen molar-refractivity contribution < 1.29 is 4.39 Å². The van der Waals surface area contributed by atoms with Crippen molar-refractivity contribution >= 4 is 17.2 Å². The summed E-state index contributed by atoms with van der Waals surface area (Å²) in [6, 6.07) is 7.41. The molecule has 0 saturated carbocycles. The standard InChI is InChI=1S/C13H13FN2S/c1-9-10-6-8-17-11(10)5-7-16(9)13-4-2-3-12(14)15-13/h2-4,6,8-9H,5,7H2,1H3. The maximum atomic E-state index is 13.1. The number of pyridine rings is 1. The topological polar surface area (TPSA) is 16.1 Å². The van der Waals surface area contributed by atoms with E-state index in [2.05, 4.69) is 28.3 Å². The third kappa shape index (κ3) is 1.82. The van der Waals surface area contributed by atoms with E-state index in [9.17, 15) is 4.39 Å². The third-order valence-electron chi connectivity index (χ3n) is 3.27. The Morgan fingerprint density at radius 3 is 3.12 bits per heavy atom. The SMILES string of the molecule is CC1c2ccsc2CCN1c1cccc(F)n1. The largest absolute Gasteiger partial charge is 0.349 e. The molecule has 2 aromatic heterocycles. The number of hydrogen-bond acceptors (Lipinski definition) is 3. The summed E-state index contributed by atoms with van der Waals surface area (Å²) in [7, 11) is 0. The van der Waals surface area contributed by atoms with Gasteiger partial charge in [0, 0.05) is 11.4 Å². The number of rotatable bonds is 1.